The van der Waals surface area contributed by atoms with Gasteiger partial charge in [-0.1, -0.05) is 66.3 Å². The van der Waals surface area contributed by atoms with Gasteiger partial charge in [-0.15, -0.1) is 0 Å². The third kappa shape index (κ3) is 20.7. The molecule has 0 unspecified atom stereocenters. The molecule has 7 rings (SSSR count). The van der Waals surface area contributed by atoms with Gasteiger partial charge in [-0.3, -0.25) is 38.5 Å². The Morgan fingerprint density at radius 3 is 2.07 bits per heavy atom. The normalized spacial score (nSPS) is 24.2. The van der Waals surface area contributed by atoms with Crippen LogP contribution in [0.3, 0.4) is 0 Å². The van der Waals surface area contributed by atoms with Gasteiger partial charge in [0.1, 0.15) is 42.0 Å². The van der Waals surface area contributed by atoms with E-state index in [1.54, 1.807) is 30.3 Å². The summed E-state index contributed by atoms with van der Waals surface area (Å²) < 4.78 is 20.6. The number of benzene rings is 3. The molecule has 520 valence electrons. The Bertz CT molecular complexity index is 3240. The van der Waals surface area contributed by atoms with E-state index in [0.29, 0.717) is 35.6 Å². The van der Waals surface area contributed by atoms with Crippen LogP contribution < -0.4 is 35.5 Å². The molecule has 3 saturated heterocycles. The molecule has 31 nitrogen and oxygen atoms in total. The van der Waals surface area contributed by atoms with Crippen LogP contribution in [0.4, 0.5) is 0 Å². The van der Waals surface area contributed by atoms with E-state index in [0.717, 1.165) is 54.7 Å². The molecular formula is C63H87N11O20S. The number of β-amino-alcohol motifs (C(OH)–C–C–N with tert-alkyl or cyclic N) is 1. The summed E-state index contributed by atoms with van der Waals surface area (Å²) in [5, 5.41) is 116. The van der Waals surface area contributed by atoms with Crippen molar-refractivity contribution < 1.29 is 97.4 Å². The second-order valence-corrected chi connectivity index (χ2v) is 24.5. The Kier molecular flexibility index (Phi) is 28.9. The van der Waals surface area contributed by atoms with Crippen molar-refractivity contribution in [1.82, 2.24) is 51.4 Å². The van der Waals surface area contributed by atoms with Crippen molar-refractivity contribution in [3.05, 3.63) is 77.9 Å². The highest BCUT2D eigenvalue weighted by Gasteiger charge is 2.50. The van der Waals surface area contributed by atoms with Crippen molar-refractivity contribution in [2.24, 2.45) is 5.92 Å². The first-order chi connectivity index (χ1) is 45.2. The van der Waals surface area contributed by atoms with Gasteiger partial charge in [-0.05, 0) is 102 Å². The molecule has 7 amide bonds. The van der Waals surface area contributed by atoms with Gasteiger partial charge in [0.05, 0.1) is 55.7 Å². The van der Waals surface area contributed by atoms with E-state index in [-0.39, 0.29) is 47.5 Å². The lowest BCUT2D eigenvalue weighted by molar-refractivity contribution is -0.433. The summed E-state index contributed by atoms with van der Waals surface area (Å²) in [6, 6.07) is 7.93. The number of hydrogen-bond donors (Lipinski definition) is 13. The molecule has 0 saturated carbocycles. The van der Waals surface area contributed by atoms with Crippen LogP contribution in [-0.4, -0.2) is 225 Å². The van der Waals surface area contributed by atoms with Crippen molar-refractivity contribution in [2.45, 2.75) is 185 Å². The van der Waals surface area contributed by atoms with E-state index >= 15 is 0 Å². The van der Waals surface area contributed by atoms with Crippen LogP contribution in [0.15, 0.2) is 71.3 Å². The maximum absolute atomic E-state index is 14.6. The molecule has 0 spiro atoms. The van der Waals surface area contributed by atoms with Crippen LogP contribution in [0.5, 0.6) is 17.2 Å². The maximum Gasteiger partial charge on any atom is 0.261 e. The lowest BCUT2D eigenvalue weighted by Crippen LogP contribution is -2.64. The molecule has 3 aliphatic heterocycles. The maximum atomic E-state index is 14.6. The number of aromatic nitrogens is 2. The van der Waals surface area contributed by atoms with Crippen molar-refractivity contribution in [1.29, 1.82) is 5.26 Å². The predicted octanol–water partition coefficient (Wildman–Crippen LogP) is 1.03. The van der Waals surface area contributed by atoms with Gasteiger partial charge < -0.3 is 85.6 Å². The molecule has 0 aliphatic carbocycles. The fraction of sp³-hybridized carbons (Fsp3) is 0.556. The Morgan fingerprint density at radius 2 is 1.45 bits per heavy atom. The number of aliphatic hydroxyl groups is 6. The third-order valence-electron chi connectivity index (χ3n) is 16.3. The number of unbranched alkanes of at least 4 members (excludes halogenated alkanes) is 2. The van der Waals surface area contributed by atoms with Crippen molar-refractivity contribution >= 4 is 53.7 Å². The number of hydrogen-bond acceptors (Lipinski definition) is 25. The van der Waals surface area contributed by atoms with E-state index < -0.39 is 165 Å². The summed E-state index contributed by atoms with van der Waals surface area (Å²) in [7, 11) is 0. The Morgan fingerprint density at radius 1 is 0.800 bits per heavy atom. The zero-order valence-electron chi connectivity index (χ0n) is 54.1. The van der Waals surface area contributed by atoms with Gasteiger partial charge in [0.15, 0.2) is 11.5 Å². The third-order valence-corrected chi connectivity index (χ3v) is 16.7. The van der Waals surface area contributed by atoms with Crippen LogP contribution in [0.25, 0.3) is 22.8 Å². The molecule has 13 atom stereocenters. The Labute approximate surface area is 553 Å². The molecule has 4 heterocycles. The number of aliphatic hydroxyl groups excluding tert-OH is 6. The number of amides is 7. The number of nitrogens with one attached hydrogen (secondary N) is 5. The number of ether oxygens (including phenoxy) is 1. The highest BCUT2D eigenvalue weighted by Crippen LogP contribution is 2.32. The minimum absolute atomic E-state index is 0.0301. The van der Waals surface area contributed by atoms with Gasteiger partial charge in [0, 0.05) is 73.6 Å². The predicted molar refractivity (Wildman–Crippen MR) is 339 cm³/mol. The molecule has 0 radical (unpaired) electrons. The van der Waals surface area contributed by atoms with Crippen LogP contribution >= 0.6 is 12.3 Å². The topological polar surface area (TPSA) is 451 Å². The van der Waals surface area contributed by atoms with Crippen LogP contribution in [0.2, 0.25) is 0 Å². The number of carbonyl (C=O) groups excluding carboxylic acids is 7. The summed E-state index contributed by atoms with van der Waals surface area (Å²) >= 11 is 0.0638. The van der Waals surface area contributed by atoms with E-state index in [4.69, 9.17) is 18.7 Å². The standard InChI is InChI=1S/C55H68N10O20S.C8H19N/c1-4-5-6-19-81-35-14-12-32(13-15-35)53-62-47(63-82-53)30-8-10-31(11-9-30)48(73)58-36-22-33(67)24-57-52(77)45-46(72)27(2)25-65(45)55(79)44(39(70)17-18-56)61-51(76)43(40(71)20-29-7-16-38(69)41(21-29)83-86-85-84-80)60-50(75)37-23-34(68)26-64(37)54(78)42(28(3)66)59-49(36)74;1-6-9(7(2)3)8(4)5/h7-16,21,27-28,33-34,36-37,39-40,42-46,66-72,80H,4-6,17,19-20,22-26H2,1-3H3,(H,57,77)(H,58,73)(H,59,74)(H,60,75)(H,61,76);7-8H,6H2,1-5H3/t27-,28+,33+,34+,36+,37+,39-,40-,42+,43+,44+,45+,46+;/m1./s1. The first-order valence-electron chi connectivity index (χ1n) is 31.3. The Balaban J connectivity index is 0.00000147. The average Bonchev–Trinajstić information content (AvgIpc) is 1.70. The molecule has 1 aromatic heterocycles. The second-order valence-electron chi connectivity index (χ2n) is 24.1. The number of carbonyl (C=O) groups is 7. The summed E-state index contributed by atoms with van der Waals surface area (Å²) in [4.78, 5) is 109. The molecule has 13 N–H and O–H groups in total. The number of aromatic hydroxyl groups is 1. The largest absolute Gasteiger partial charge is 0.504 e. The minimum atomic E-state index is -2.16. The van der Waals surface area contributed by atoms with Gasteiger partial charge in [0.25, 0.3) is 24.1 Å². The zero-order chi connectivity index (χ0) is 69.8. The van der Waals surface area contributed by atoms with Gasteiger partial charge in [-0.25, -0.2) is 5.26 Å². The number of nitrogens with zero attached hydrogens (tertiary/aromatic N) is 6. The number of fused-ring (bicyclic) bond motifs is 2. The summed E-state index contributed by atoms with van der Waals surface area (Å²) in [6.07, 6.45) is -10.2. The Hall–Kier alpha value is -8.07. The minimum Gasteiger partial charge on any atom is -0.504 e. The molecule has 3 fully saturated rings. The summed E-state index contributed by atoms with van der Waals surface area (Å²) in [6.45, 7) is 15.9. The van der Waals surface area contributed by atoms with E-state index in [2.05, 4.69) is 92.5 Å². The first-order valence-corrected chi connectivity index (χ1v) is 32.0. The van der Waals surface area contributed by atoms with E-state index in [1.807, 2.05) is 0 Å². The lowest BCUT2D eigenvalue weighted by atomic mass is 9.98. The fourth-order valence-corrected chi connectivity index (χ4v) is 11.6. The van der Waals surface area contributed by atoms with Crippen molar-refractivity contribution in [3.63, 3.8) is 0 Å². The average molecular weight is 1350 g/mol. The quantitative estimate of drug-likeness (QED) is 0.0226. The zero-order valence-corrected chi connectivity index (χ0v) is 54.9. The lowest BCUT2D eigenvalue weighted by Gasteiger charge is -2.33. The molecular weight excluding hydrogens is 1260 g/mol. The number of phenolic OH excluding ortho intramolecular Hbond substituents is 1. The van der Waals surface area contributed by atoms with Crippen molar-refractivity contribution in [3.8, 4) is 46.2 Å². The molecule has 95 heavy (non-hydrogen) atoms. The van der Waals surface area contributed by atoms with E-state index in [1.165, 1.54) is 37.3 Å². The first kappa shape index (κ1) is 76.0. The van der Waals surface area contributed by atoms with Crippen molar-refractivity contribution in [2.75, 3.05) is 32.8 Å². The number of phenols is 1. The highest BCUT2D eigenvalue weighted by molar-refractivity contribution is 7.90. The number of rotatable bonds is 22. The van der Waals surface area contributed by atoms with Crippen LogP contribution in [-0.2, 0) is 44.6 Å². The van der Waals surface area contributed by atoms with Crippen LogP contribution in [0.1, 0.15) is 110 Å². The molecule has 0 bridgehead atoms. The smallest absolute Gasteiger partial charge is 0.261 e. The van der Waals surface area contributed by atoms with E-state index in [9.17, 15) is 74.6 Å². The fourth-order valence-electron chi connectivity index (χ4n) is 11.3. The molecule has 32 heteroatoms. The summed E-state index contributed by atoms with van der Waals surface area (Å²) in [5.74, 6) is -8.72. The highest BCUT2D eigenvalue weighted by atomic mass is 32.2. The number of nitriles is 1. The SMILES string of the molecule is CCCCCOc1ccc(-c2nc(-c3ccc(C(=O)N[C@H]4C[C@H](O)CNC(=O)[C@@H]5[C@@H](O)[C@H](C)CN5C(=O)[C@H]([C@H](O)CC#N)NC(=O)[C@H]([C@H](O)Cc5ccc(O)c(OSOOO)c5)NC(=O)[C@@H]5C[C@H](O)CN5C(=O)[C@H]([C@H](C)O)NC4=O)cc3)no2)cc1.CCN(C(C)C)C(C)C. The van der Waals surface area contributed by atoms with Gasteiger partial charge in [0.2, 0.25) is 41.3 Å². The second kappa shape index (κ2) is 36.2. The van der Waals surface area contributed by atoms with Crippen LogP contribution in [0, 0.1) is 17.2 Å². The van der Waals surface area contributed by atoms with Gasteiger partial charge >= 0.3 is 0 Å². The molecule has 3 aromatic carbocycles. The summed E-state index contributed by atoms with van der Waals surface area (Å²) in [5.41, 5.74) is 1.11. The molecule has 3 aliphatic rings. The van der Waals surface area contributed by atoms with Gasteiger partial charge in [-0.2, -0.15) is 10.2 Å². The monoisotopic (exact) mass is 1350 g/mol. The molecule has 4 aromatic rings.